The van der Waals surface area contributed by atoms with Crippen molar-refractivity contribution in [1.82, 2.24) is 10.2 Å². The lowest BCUT2D eigenvalue weighted by Gasteiger charge is -2.35. The van der Waals surface area contributed by atoms with Crippen LogP contribution in [0.5, 0.6) is 0 Å². The fourth-order valence-electron chi connectivity index (χ4n) is 3.62. The zero-order valence-electron chi connectivity index (χ0n) is 14.5. The first-order chi connectivity index (χ1) is 10.9. The number of amides is 1. The molecule has 0 saturated carbocycles. The summed E-state index contributed by atoms with van der Waals surface area (Å²) in [5.74, 6) is 0.559. The Hall–Kier alpha value is -1.55. The highest BCUT2D eigenvalue weighted by molar-refractivity contribution is 5.68. The molecule has 0 bridgehead atoms. The molecule has 3 rings (SSSR count). The predicted molar refractivity (Wildman–Crippen MR) is 91.6 cm³/mol. The van der Waals surface area contributed by atoms with Gasteiger partial charge in [0.2, 0.25) is 0 Å². The maximum Gasteiger partial charge on any atom is 0.410 e. The summed E-state index contributed by atoms with van der Waals surface area (Å²) >= 11 is 0. The highest BCUT2D eigenvalue weighted by Crippen LogP contribution is 2.33. The number of benzene rings is 1. The van der Waals surface area contributed by atoms with Gasteiger partial charge in [-0.15, -0.1) is 0 Å². The Balaban J connectivity index is 1.65. The third-order valence-electron chi connectivity index (χ3n) is 4.77. The van der Waals surface area contributed by atoms with Crippen molar-refractivity contribution in [2.24, 2.45) is 0 Å². The summed E-state index contributed by atoms with van der Waals surface area (Å²) in [6, 6.07) is 6.73. The smallest absolute Gasteiger partial charge is 0.410 e. The van der Waals surface area contributed by atoms with Gasteiger partial charge in [-0.05, 0) is 69.2 Å². The molecule has 1 aromatic carbocycles. The van der Waals surface area contributed by atoms with Crippen LogP contribution in [-0.2, 0) is 17.7 Å². The second-order valence-corrected chi connectivity index (χ2v) is 7.65. The van der Waals surface area contributed by atoms with Crippen LogP contribution in [0.1, 0.15) is 56.2 Å². The fraction of sp³-hybridized carbons (Fsp3) is 0.632. The van der Waals surface area contributed by atoms with Gasteiger partial charge >= 0.3 is 6.09 Å². The highest BCUT2D eigenvalue weighted by Gasteiger charge is 2.29. The lowest BCUT2D eigenvalue weighted by atomic mass is 9.83. The second kappa shape index (κ2) is 6.52. The Morgan fingerprint density at radius 2 is 2.00 bits per heavy atom. The van der Waals surface area contributed by atoms with E-state index in [1.807, 2.05) is 25.7 Å². The monoisotopic (exact) mass is 316 g/mol. The molecule has 23 heavy (non-hydrogen) atoms. The number of hydrogen-bond acceptors (Lipinski definition) is 3. The van der Waals surface area contributed by atoms with Gasteiger partial charge in [-0.3, -0.25) is 0 Å². The van der Waals surface area contributed by atoms with E-state index in [1.165, 1.54) is 16.7 Å². The van der Waals surface area contributed by atoms with Gasteiger partial charge in [0.25, 0.3) is 0 Å². The normalized spacial score (nSPS) is 19.3. The van der Waals surface area contributed by atoms with E-state index in [9.17, 15) is 4.79 Å². The van der Waals surface area contributed by atoms with Crippen molar-refractivity contribution in [3.8, 4) is 0 Å². The molecule has 2 aliphatic heterocycles. The molecule has 0 aromatic heterocycles. The number of nitrogens with one attached hydrogen (secondary N) is 1. The van der Waals surface area contributed by atoms with Crippen molar-refractivity contribution >= 4 is 6.09 Å². The van der Waals surface area contributed by atoms with Crippen LogP contribution in [0.2, 0.25) is 0 Å². The summed E-state index contributed by atoms with van der Waals surface area (Å²) in [4.78, 5) is 14.0. The molecule has 4 nitrogen and oxygen atoms in total. The van der Waals surface area contributed by atoms with Crippen molar-refractivity contribution in [2.45, 2.75) is 58.1 Å². The lowest BCUT2D eigenvalue weighted by Crippen LogP contribution is -2.41. The molecular weight excluding hydrogens is 288 g/mol. The molecule has 4 heteroatoms. The molecule has 1 amide bonds. The number of nitrogens with zero attached hydrogens (tertiary/aromatic N) is 1. The van der Waals surface area contributed by atoms with E-state index in [0.29, 0.717) is 5.92 Å². The van der Waals surface area contributed by atoms with Crippen molar-refractivity contribution in [3.05, 3.63) is 34.9 Å². The first kappa shape index (κ1) is 16.3. The Morgan fingerprint density at radius 3 is 2.70 bits per heavy atom. The molecule has 2 aliphatic rings. The van der Waals surface area contributed by atoms with Gasteiger partial charge in [-0.2, -0.15) is 0 Å². The number of fused-ring (bicyclic) bond motifs is 1. The summed E-state index contributed by atoms with van der Waals surface area (Å²) in [5.41, 5.74) is 4.06. The minimum Gasteiger partial charge on any atom is -0.444 e. The van der Waals surface area contributed by atoms with Gasteiger partial charge < -0.3 is 15.0 Å². The SMILES string of the molecule is CC(C)(C)OC(=O)N1CCC(c2cccc3c2CNCC3)CC1. The van der Waals surface area contributed by atoms with Gasteiger partial charge in [0, 0.05) is 19.6 Å². The van der Waals surface area contributed by atoms with Crippen LogP contribution in [0.15, 0.2) is 18.2 Å². The van der Waals surface area contributed by atoms with E-state index in [4.69, 9.17) is 4.74 Å². The average molecular weight is 316 g/mol. The van der Waals surface area contributed by atoms with Gasteiger partial charge in [0.05, 0.1) is 0 Å². The second-order valence-electron chi connectivity index (χ2n) is 7.65. The van der Waals surface area contributed by atoms with Gasteiger partial charge in [-0.25, -0.2) is 4.79 Å². The zero-order chi connectivity index (χ0) is 16.4. The minimum absolute atomic E-state index is 0.173. The fourth-order valence-corrected chi connectivity index (χ4v) is 3.62. The number of rotatable bonds is 1. The number of carbonyl (C=O) groups excluding carboxylic acids is 1. The molecule has 0 spiro atoms. The Morgan fingerprint density at radius 1 is 1.26 bits per heavy atom. The number of carbonyl (C=O) groups is 1. The van der Waals surface area contributed by atoms with Gasteiger partial charge in [0.1, 0.15) is 5.60 Å². The molecular formula is C19H28N2O2. The number of ether oxygens (including phenoxy) is 1. The van der Waals surface area contributed by atoms with Crippen LogP contribution in [0.3, 0.4) is 0 Å². The molecule has 0 unspecified atom stereocenters. The van der Waals surface area contributed by atoms with Crippen molar-refractivity contribution in [3.63, 3.8) is 0 Å². The zero-order valence-corrected chi connectivity index (χ0v) is 14.5. The summed E-state index contributed by atoms with van der Waals surface area (Å²) in [6.07, 6.45) is 3.00. The van der Waals surface area contributed by atoms with Crippen LogP contribution >= 0.6 is 0 Å². The molecule has 1 saturated heterocycles. The molecule has 1 fully saturated rings. The van der Waals surface area contributed by atoms with Gasteiger partial charge in [0.15, 0.2) is 0 Å². The molecule has 0 radical (unpaired) electrons. The van der Waals surface area contributed by atoms with Crippen molar-refractivity contribution in [1.29, 1.82) is 0 Å². The van der Waals surface area contributed by atoms with E-state index in [1.54, 1.807) is 0 Å². The third kappa shape index (κ3) is 3.86. The Bertz CT molecular complexity index is 569. The minimum atomic E-state index is -0.419. The molecule has 2 heterocycles. The summed E-state index contributed by atoms with van der Waals surface area (Å²) in [7, 11) is 0. The maximum absolute atomic E-state index is 12.2. The van der Waals surface area contributed by atoms with E-state index >= 15 is 0 Å². The van der Waals surface area contributed by atoms with E-state index in [2.05, 4.69) is 23.5 Å². The molecule has 1 N–H and O–H groups in total. The van der Waals surface area contributed by atoms with E-state index < -0.39 is 5.60 Å². The standard InChI is InChI=1S/C19H28N2O2/c1-19(2,3)23-18(22)21-11-8-15(9-12-21)16-6-4-5-14-7-10-20-13-17(14)16/h4-6,15,20H,7-13H2,1-3H3. The molecule has 0 atom stereocenters. The van der Waals surface area contributed by atoms with Crippen molar-refractivity contribution in [2.75, 3.05) is 19.6 Å². The van der Waals surface area contributed by atoms with Crippen LogP contribution < -0.4 is 5.32 Å². The van der Waals surface area contributed by atoms with E-state index in [-0.39, 0.29) is 6.09 Å². The summed E-state index contributed by atoms with van der Waals surface area (Å²) in [6.45, 7) is 9.39. The van der Waals surface area contributed by atoms with E-state index in [0.717, 1.165) is 45.4 Å². The van der Waals surface area contributed by atoms with Crippen LogP contribution in [0.25, 0.3) is 0 Å². The molecule has 126 valence electrons. The van der Waals surface area contributed by atoms with Crippen molar-refractivity contribution < 1.29 is 9.53 Å². The maximum atomic E-state index is 12.2. The Labute approximate surface area is 139 Å². The number of likely N-dealkylation sites (tertiary alicyclic amines) is 1. The topological polar surface area (TPSA) is 41.6 Å². The average Bonchev–Trinajstić information content (AvgIpc) is 2.53. The third-order valence-corrected chi connectivity index (χ3v) is 4.77. The Kier molecular flexibility index (Phi) is 4.62. The predicted octanol–water partition coefficient (Wildman–Crippen LogP) is 3.45. The molecule has 0 aliphatic carbocycles. The van der Waals surface area contributed by atoms with Crippen LogP contribution in [0.4, 0.5) is 4.79 Å². The highest BCUT2D eigenvalue weighted by atomic mass is 16.6. The largest absolute Gasteiger partial charge is 0.444 e. The number of piperidine rings is 1. The van der Waals surface area contributed by atoms with Crippen LogP contribution in [0, 0.1) is 0 Å². The quantitative estimate of drug-likeness (QED) is 0.863. The lowest BCUT2D eigenvalue weighted by molar-refractivity contribution is 0.0204. The first-order valence-electron chi connectivity index (χ1n) is 8.73. The first-order valence-corrected chi connectivity index (χ1v) is 8.73. The van der Waals surface area contributed by atoms with Gasteiger partial charge in [-0.1, -0.05) is 18.2 Å². The summed E-state index contributed by atoms with van der Waals surface area (Å²) in [5, 5.41) is 3.49. The number of hydrogen-bond donors (Lipinski definition) is 1. The molecule has 1 aromatic rings. The summed E-state index contributed by atoms with van der Waals surface area (Å²) < 4.78 is 5.49. The van der Waals surface area contributed by atoms with Crippen LogP contribution in [-0.4, -0.2) is 36.2 Å².